The number of hydrogen-bond acceptors (Lipinski definition) is 3. The summed E-state index contributed by atoms with van der Waals surface area (Å²) in [6.07, 6.45) is 0.533. The first-order valence-corrected chi connectivity index (χ1v) is 8.53. The Kier molecular flexibility index (Phi) is 4.24. The molecule has 4 rings (SSSR count). The average molecular weight is 354 g/mol. The molecule has 0 saturated carbocycles. The number of para-hydroxylation sites is 2. The molecular formula is C20H19FN2O3. The van der Waals surface area contributed by atoms with Gasteiger partial charge in [-0.3, -0.25) is 4.79 Å². The zero-order chi connectivity index (χ0) is 18.1. The van der Waals surface area contributed by atoms with Gasteiger partial charge in [0, 0.05) is 30.9 Å². The molecule has 1 aromatic heterocycles. The molecule has 0 unspecified atom stereocenters. The lowest BCUT2D eigenvalue weighted by Gasteiger charge is -2.26. The molecule has 5 nitrogen and oxygen atoms in total. The van der Waals surface area contributed by atoms with E-state index >= 15 is 0 Å². The van der Waals surface area contributed by atoms with Crippen molar-refractivity contribution >= 4 is 16.8 Å². The SMILES string of the molecule is Cn1c(C(=O)NCC[C@H]2COc3ccccc3O2)cc2cc(F)ccc21. The van der Waals surface area contributed by atoms with E-state index in [1.165, 1.54) is 12.1 Å². The molecule has 26 heavy (non-hydrogen) atoms. The predicted octanol–water partition coefficient (Wildman–Crippen LogP) is 3.28. The van der Waals surface area contributed by atoms with Crippen LogP contribution in [0.25, 0.3) is 10.9 Å². The number of rotatable bonds is 4. The highest BCUT2D eigenvalue weighted by Crippen LogP contribution is 2.31. The van der Waals surface area contributed by atoms with Crippen LogP contribution in [0.4, 0.5) is 4.39 Å². The minimum atomic E-state index is -0.315. The fourth-order valence-corrected chi connectivity index (χ4v) is 3.18. The maximum Gasteiger partial charge on any atom is 0.267 e. The maximum absolute atomic E-state index is 13.4. The summed E-state index contributed by atoms with van der Waals surface area (Å²) in [5.41, 5.74) is 1.31. The van der Waals surface area contributed by atoms with Crippen molar-refractivity contribution in [1.29, 1.82) is 0 Å². The summed E-state index contributed by atoms with van der Waals surface area (Å²) < 4.78 is 26.7. The molecule has 134 valence electrons. The Morgan fingerprint density at radius 3 is 2.88 bits per heavy atom. The zero-order valence-electron chi connectivity index (χ0n) is 14.4. The van der Waals surface area contributed by atoms with Crippen molar-refractivity contribution in [2.24, 2.45) is 7.05 Å². The highest BCUT2D eigenvalue weighted by atomic mass is 19.1. The van der Waals surface area contributed by atoms with E-state index in [4.69, 9.17) is 9.47 Å². The van der Waals surface area contributed by atoms with Crippen molar-refractivity contribution in [3.63, 3.8) is 0 Å². The number of nitrogens with zero attached hydrogens (tertiary/aromatic N) is 1. The van der Waals surface area contributed by atoms with Crippen molar-refractivity contribution < 1.29 is 18.7 Å². The number of fused-ring (bicyclic) bond motifs is 2. The normalized spacial score (nSPS) is 15.8. The molecule has 0 radical (unpaired) electrons. The van der Waals surface area contributed by atoms with Crippen LogP contribution in [0.5, 0.6) is 11.5 Å². The van der Waals surface area contributed by atoms with Gasteiger partial charge in [-0.1, -0.05) is 12.1 Å². The number of carbonyl (C=O) groups excluding carboxylic acids is 1. The highest BCUT2D eigenvalue weighted by molar-refractivity contribution is 5.98. The van der Waals surface area contributed by atoms with Crippen LogP contribution < -0.4 is 14.8 Å². The third kappa shape index (κ3) is 3.10. The standard InChI is InChI=1S/C20H19FN2O3/c1-23-16-7-6-14(21)10-13(16)11-17(23)20(24)22-9-8-15-12-25-18-4-2-3-5-19(18)26-15/h2-7,10-11,15H,8-9,12H2,1H3,(H,22,24)/t15-/m0/s1. The van der Waals surface area contributed by atoms with Crippen LogP contribution >= 0.6 is 0 Å². The summed E-state index contributed by atoms with van der Waals surface area (Å²) >= 11 is 0. The molecular weight excluding hydrogens is 335 g/mol. The van der Waals surface area contributed by atoms with E-state index in [1.54, 1.807) is 23.7 Å². The van der Waals surface area contributed by atoms with E-state index < -0.39 is 0 Å². The van der Waals surface area contributed by atoms with Crippen LogP contribution in [0, 0.1) is 5.82 Å². The Morgan fingerprint density at radius 1 is 1.23 bits per heavy atom. The first kappa shape index (κ1) is 16.4. The fourth-order valence-electron chi connectivity index (χ4n) is 3.18. The molecule has 2 heterocycles. The van der Waals surface area contributed by atoms with E-state index in [2.05, 4.69) is 5.32 Å². The summed E-state index contributed by atoms with van der Waals surface area (Å²) in [6, 6.07) is 13.7. The third-order valence-electron chi connectivity index (χ3n) is 4.56. The van der Waals surface area contributed by atoms with E-state index in [1.807, 2.05) is 24.3 Å². The number of amides is 1. The molecule has 0 aliphatic carbocycles. The lowest BCUT2D eigenvalue weighted by atomic mass is 10.2. The Bertz CT molecular complexity index is 967. The lowest BCUT2D eigenvalue weighted by Crippen LogP contribution is -2.34. The number of hydrogen-bond donors (Lipinski definition) is 1. The molecule has 0 saturated heterocycles. The van der Waals surface area contributed by atoms with E-state index in [0.717, 1.165) is 17.0 Å². The van der Waals surface area contributed by atoms with Crippen LogP contribution in [-0.4, -0.2) is 29.7 Å². The van der Waals surface area contributed by atoms with Crippen LogP contribution in [0.2, 0.25) is 0 Å². The van der Waals surface area contributed by atoms with Gasteiger partial charge < -0.3 is 19.4 Å². The summed E-state index contributed by atoms with van der Waals surface area (Å²) in [6.45, 7) is 0.922. The van der Waals surface area contributed by atoms with Gasteiger partial charge in [-0.05, 0) is 36.4 Å². The van der Waals surface area contributed by atoms with Gasteiger partial charge in [-0.2, -0.15) is 0 Å². The summed E-state index contributed by atoms with van der Waals surface area (Å²) in [5, 5.41) is 3.60. The van der Waals surface area contributed by atoms with E-state index in [0.29, 0.717) is 30.7 Å². The molecule has 0 fully saturated rings. The van der Waals surface area contributed by atoms with Crippen LogP contribution in [0.3, 0.4) is 0 Å². The fraction of sp³-hybridized carbons (Fsp3) is 0.250. The van der Waals surface area contributed by atoms with Crippen molar-refractivity contribution in [2.75, 3.05) is 13.2 Å². The van der Waals surface area contributed by atoms with Gasteiger partial charge in [0.25, 0.3) is 5.91 Å². The number of benzene rings is 2. The Labute approximate surface area is 150 Å². The minimum absolute atomic E-state index is 0.105. The first-order chi connectivity index (χ1) is 12.6. The number of aryl methyl sites for hydroxylation is 1. The molecule has 3 aromatic rings. The summed E-state index contributed by atoms with van der Waals surface area (Å²) in [7, 11) is 1.80. The molecule has 2 aromatic carbocycles. The Hall–Kier alpha value is -3.02. The monoisotopic (exact) mass is 354 g/mol. The van der Waals surface area contributed by atoms with E-state index in [-0.39, 0.29) is 17.8 Å². The van der Waals surface area contributed by atoms with E-state index in [9.17, 15) is 9.18 Å². The number of ether oxygens (including phenoxy) is 2. The van der Waals surface area contributed by atoms with Crippen molar-refractivity contribution in [3.05, 3.63) is 60.0 Å². The first-order valence-electron chi connectivity index (χ1n) is 8.53. The Morgan fingerprint density at radius 2 is 2.04 bits per heavy atom. The maximum atomic E-state index is 13.4. The molecule has 1 atom stereocenters. The smallest absolute Gasteiger partial charge is 0.267 e. The van der Waals surface area contributed by atoms with Gasteiger partial charge in [-0.25, -0.2) is 4.39 Å². The molecule has 0 spiro atoms. The molecule has 0 bridgehead atoms. The van der Waals surface area contributed by atoms with Gasteiger partial charge >= 0.3 is 0 Å². The number of halogens is 1. The third-order valence-corrected chi connectivity index (χ3v) is 4.56. The van der Waals surface area contributed by atoms with Crippen LogP contribution in [-0.2, 0) is 7.05 Å². The number of aromatic nitrogens is 1. The zero-order valence-corrected chi connectivity index (χ0v) is 14.4. The van der Waals surface area contributed by atoms with Gasteiger partial charge in [0.2, 0.25) is 0 Å². The molecule has 1 aliphatic rings. The molecule has 1 aliphatic heterocycles. The van der Waals surface area contributed by atoms with Gasteiger partial charge in [0.05, 0.1) is 0 Å². The molecule has 6 heteroatoms. The van der Waals surface area contributed by atoms with Crippen molar-refractivity contribution in [2.45, 2.75) is 12.5 Å². The minimum Gasteiger partial charge on any atom is -0.486 e. The summed E-state index contributed by atoms with van der Waals surface area (Å²) in [4.78, 5) is 12.5. The summed E-state index contributed by atoms with van der Waals surface area (Å²) in [5.74, 6) is 0.965. The lowest BCUT2D eigenvalue weighted by molar-refractivity contribution is 0.0810. The number of carbonyl (C=O) groups is 1. The van der Waals surface area contributed by atoms with Crippen molar-refractivity contribution in [3.8, 4) is 11.5 Å². The second-order valence-corrected chi connectivity index (χ2v) is 6.33. The van der Waals surface area contributed by atoms with Gasteiger partial charge in [0.15, 0.2) is 11.5 Å². The highest BCUT2D eigenvalue weighted by Gasteiger charge is 2.21. The average Bonchev–Trinajstić information content (AvgIpc) is 2.97. The Balaban J connectivity index is 1.37. The van der Waals surface area contributed by atoms with Gasteiger partial charge in [-0.15, -0.1) is 0 Å². The van der Waals surface area contributed by atoms with Crippen LogP contribution in [0.1, 0.15) is 16.9 Å². The van der Waals surface area contributed by atoms with Crippen LogP contribution in [0.15, 0.2) is 48.5 Å². The quantitative estimate of drug-likeness (QED) is 0.782. The molecule has 1 amide bonds. The largest absolute Gasteiger partial charge is 0.486 e. The second-order valence-electron chi connectivity index (χ2n) is 6.33. The number of nitrogens with one attached hydrogen (secondary N) is 1. The van der Waals surface area contributed by atoms with Gasteiger partial charge in [0.1, 0.15) is 24.2 Å². The second kappa shape index (κ2) is 6.71. The topological polar surface area (TPSA) is 52.5 Å². The van der Waals surface area contributed by atoms with Crippen molar-refractivity contribution in [1.82, 2.24) is 9.88 Å². The predicted molar refractivity (Wildman–Crippen MR) is 96.2 cm³/mol. The molecule has 1 N–H and O–H groups in total.